The van der Waals surface area contributed by atoms with Crippen LogP contribution in [0.25, 0.3) is 37.0 Å². The van der Waals surface area contributed by atoms with E-state index in [2.05, 4.69) is 150 Å². The van der Waals surface area contributed by atoms with Crippen LogP contribution in [0.2, 0.25) is 0 Å². The second kappa shape index (κ2) is 9.70. The lowest BCUT2D eigenvalue weighted by Gasteiger charge is -2.34. The Morgan fingerprint density at radius 1 is 0.488 bits per heavy atom. The van der Waals surface area contributed by atoms with Gasteiger partial charge in [0, 0.05) is 32.7 Å². The van der Waals surface area contributed by atoms with Gasteiger partial charge in [0.25, 0.3) is 0 Å². The first-order chi connectivity index (χ1) is 20.4. The third-order valence-corrected chi connectivity index (χ3v) is 14.2. The van der Waals surface area contributed by atoms with Crippen LogP contribution in [0.1, 0.15) is 0 Å². The van der Waals surface area contributed by atoms with Crippen molar-refractivity contribution in [3.05, 3.63) is 158 Å². The molecule has 0 aliphatic heterocycles. The van der Waals surface area contributed by atoms with E-state index >= 15 is 0 Å². The van der Waals surface area contributed by atoms with Gasteiger partial charge < -0.3 is 0 Å². The van der Waals surface area contributed by atoms with Crippen LogP contribution in [0.3, 0.4) is 0 Å². The number of rotatable bonds is 5. The van der Waals surface area contributed by atoms with Crippen LogP contribution in [-0.2, 0) is 0 Å². The zero-order chi connectivity index (χ0) is 27.2. The molecule has 0 fully saturated rings. The Morgan fingerprint density at radius 3 is 1.61 bits per heavy atom. The van der Waals surface area contributed by atoms with Crippen molar-refractivity contribution in [2.45, 2.75) is 0 Å². The molecule has 3 aromatic heterocycles. The Balaban J connectivity index is 1.39. The minimum atomic E-state index is -2.56. The van der Waals surface area contributed by atoms with Crippen molar-refractivity contribution < 1.29 is 0 Å². The molecule has 0 aliphatic carbocycles. The van der Waals surface area contributed by atoms with E-state index in [9.17, 15) is 0 Å². The second-order valence-corrected chi connectivity index (χ2v) is 15.2. The summed E-state index contributed by atoms with van der Waals surface area (Å²) >= 11 is 1.84. The number of benzene rings is 5. The normalized spacial score (nSPS) is 11.9. The van der Waals surface area contributed by atoms with Crippen molar-refractivity contribution >= 4 is 71.5 Å². The lowest BCUT2D eigenvalue weighted by atomic mass is 10.1. The summed E-state index contributed by atoms with van der Waals surface area (Å²) in [6.07, 6.45) is 1.90. The fourth-order valence-electron chi connectivity index (χ4n) is 6.48. The van der Waals surface area contributed by atoms with Crippen molar-refractivity contribution in [3.63, 3.8) is 0 Å². The van der Waals surface area contributed by atoms with E-state index in [0.29, 0.717) is 0 Å². The van der Waals surface area contributed by atoms with Crippen molar-refractivity contribution in [1.29, 1.82) is 0 Å². The molecule has 194 valence electrons. The number of thiophene rings is 1. The molecular formula is C37H26N2SSi. The highest BCUT2D eigenvalue weighted by atomic mass is 32.1. The molecule has 0 saturated carbocycles. The molecule has 3 heterocycles. The molecule has 8 aromatic rings. The molecular weight excluding hydrogens is 533 g/mol. The van der Waals surface area contributed by atoms with Crippen molar-refractivity contribution in [3.8, 4) is 5.69 Å². The first-order valence-electron chi connectivity index (χ1n) is 13.9. The van der Waals surface area contributed by atoms with Crippen molar-refractivity contribution in [1.82, 2.24) is 9.55 Å². The standard InChI is InChI=1S/C37H26N2SSi/c1-4-13-28(14-5-1)41(29-15-6-2-7-16-29,30-17-8-3-9-18-30)31-24-22-27(23-25-31)39-36-33(20-12-26-38-36)35-32-19-10-11-21-34(32)40-37(35)39/h1-26H. The third-order valence-electron chi connectivity index (χ3n) is 8.23. The second-order valence-electron chi connectivity index (χ2n) is 10.4. The van der Waals surface area contributed by atoms with Gasteiger partial charge in [0.2, 0.25) is 0 Å². The predicted molar refractivity (Wildman–Crippen MR) is 178 cm³/mol. The Bertz CT molecular complexity index is 2030. The first kappa shape index (κ1) is 24.1. The summed E-state index contributed by atoms with van der Waals surface area (Å²) in [5, 5.41) is 9.29. The number of aromatic nitrogens is 2. The average Bonchev–Trinajstić information content (AvgIpc) is 3.58. The molecule has 0 N–H and O–H groups in total. The van der Waals surface area contributed by atoms with Gasteiger partial charge in [0.05, 0.1) is 0 Å². The summed E-state index contributed by atoms with van der Waals surface area (Å²) < 4.78 is 3.65. The van der Waals surface area contributed by atoms with Crippen molar-refractivity contribution in [2.75, 3.05) is 0 Å². The van der Waals surface area contributed by atoms with Crippen LogP contribution in [0.15, 0.2) is 158 Å². The largest absolute Gasteiger partial charge is 0.285 e. The van der Waals surface area contributed by atoms with Gasteiger partial charge in [-0.15, -0.1) is 11.3 Å². The molecule has 0 amide bonds. The molecule has 41 heavy (non-hydrogen) atoms. The lowest BCUT2D eigenvalue weighted by Crippen LogP contribution is -2.74. The van der Waals surface area contributed by atoms with E-state index < -0.39 is 8.07 Å². The number of hydrogen-bond acceptors (Lipinski definition) is 2. The van der Waals surface area contributed by atoms with Gasteiger partial charge in [0.15, 0.2) is 8.07 Å². The zero-order valence-electron chi connectivity index (χ0n) is 22.3. The zero-order valence-corrected chi connectivity index (χ0v) is 24.1. The number of nitrogens with zero attached hydrogens (tertiary/aromatic N) is 2. The van der Waals surface area contributed by atoms with E-state index in [-0.39, 0.29) is 0 Å². The molecule has 5 aromatic carbocycles. The van der Waals surface area contributed by atoms with Crippen LogP contribution in [0.4, 0.5) is 0 Å². The smallest absolute Gasteiger partial charge is 0.179 e. The molecule has 2 nitrogen and oxygen atoms in total. The Morgan fingerprint density at radius 2 is 1.00 bits per heavy atom. The minimum Gasteiger partial charge on any atom is -0.285 e. The molecule has 0 bridgehead atoms. The van der Waals surface area contributed by atoms with E-state index in [1.165, 1.54) is 46.4 Å². The molecule has 0 atom stereocenters. The van der Waals surface area contributed by atoms with E-state index in [0.717, 1.165) is 11.3 Å². The van der Waals surface area contributed by atoms with E-state index in [1.807, 2.05) is 23.6 Å². The number of fused-ring (bicyclic) bond motifs is 5. The minimum absolute atomic E-state index is 1.00. The summed E-state index contributed by atoms with van der Waals surface area (Å²) in [4.78, 5) is 6.11. The van der Waals surface area contributed by atoms with E-state index in [4.69, 9.17) is 4.98 Å². The SMILES string of the molecule is c1ccc([Si](c2ccccc2)(c2ccccc2)c2ccc(-n3c4ncccc4c4c5ccccc5sc43)cc2)cc1. The van der Waals surface area contributed by atoms with Gasteiger partial charge in [-0.05, 0) is 51.1 Å². The van der Waals surface area contributed by atoms with Crippen LogP contribution in [-0.4, -0.2) is 17.6 Å². The molecule has 0 spiro atoms. The quantitative estimate of drug-likeness (QED) is 0.168. The van der Waals surface area contributed by atoms with Gasteiger partial charge in [-0.25, -0.2) is 4.98 Å². The molecule has 0 unspecified atom stereocenters. The summed E-state index contributed by atoms with van der Waals surface area (Å²) in [7, 11) is -2.56. The topological polar surface area (TPSA) is 17.8 Å². The number of pyridine rings is 1. The summed E-state index contributed by atoms with van der Waals surface area (Å²) in [6.45, 7) is 0. The lowest BCUT2D eigenvalue weighted by molar-refractivity contribution is 1.15. The fraction of sp³-hybridized carbons (Fsp3) is 0. The Hall–Kier alpha value is -4.77. The van der Waals surface area contributed by atoms with Crippen LogP contribution < -0.4 is 20.7 Å². The maximum absolute atomic E-state index is 4.87. The van der Waals surface area contributed by atoms with Gasteiger partial charge >= 0.3 is 0 Å². The highest BCUT2D eigenvalue weighted by Crippen LogP contribution is 2.41. The van der Waals surface area contributed by atoms with Crippen molar-refractivity contribution in [2.24, 2.45) is 0 Å². The molecule has 0 aliphatic rings. The van der Waals surface area contributed by atoms with Gasteiger partial charge in [-0.2, -0.15) is 0 Å². The maximum atomic E-state index is 4.87. The average molecular weight is 559 g/mol. The third kappa shape index (κ3) is 3.65. The summed E-state index contributed by atoms with van der Waals surface area (Å²) in [5.74, 6) is 0. The van der Waals surface area contributed by atoms with Crippen LogP contribution in [0, 0.1) is 0 Å². The van der Waals surface area contributed by atoms with Crippen LogP contribution >= 0.6 is 11.3 Å². The van der Waals surface area contributed by atoms with E-state index in [1.54, 1.807) is 0 Å². The molecule has 8 rings (SSSR count). The predicted octanol–water partition coefficient (Wildman–Crippen LogP) is 6.77. The molecule has 0 saturated heterocycles. The Labute approximate surface area is 243 Å². The summed E-state index contributed by atoms with van der Waals surface area (Å²) in [6, 6.07) is 55.5. The maximum Gasteiger partial charge on any atom is 0.179 e. The van der Waals surface area contributed by atoms with Gasteiger partial charge in [0.1, 0.15) is 10.5 Å². The first-order valence-corrected chi connectivity index (χ1v) is 16.7. The Kier molecular flexibility index (Phi) is 5.69. The highest BCUT2D eigenvalue weighted by Gasteiger charge is 2.41. The monoisotopic (exact) mass is 558 g/mol. The molecule has 4 heteroatoms. The number of hydrogen-bond donors (Lipinski definition) is 0. The summed E-state index contributed by atoms with van der Waals surface area (Å²) in [5.41, 5.74) is 2.14. The van der Waals surface area contributed by atoms with Crippen LogP contribution in [0.5, 0.6) is 0 Å². The van der Waals surface area contributed by atoms with Gasteiger partial charge in [-0.1, -0.05) is 121 Å². The fourth-order valence-corrected chi connectivity index (χ4v) is 12.5. The highest BCUT2D eigenvalue weighted by molar-refractivity contribution is 7.25. The molecule has 0 radical (unpaired) electrons. The van der Waals surface area contributed by atoms with Gasteiger partial charge in [-0.3, -0.25) is 4.57 Å².